The first kappa shape index (κ1) is 8.78. The van der Waals surface area contributed by atoms with E-state index in [-0.39, 0.29) is 0 Å². The second kappa shape index (κ2) is 3.94. The molecule has 0 spiro atoms. The van der Waals surface area contributed by atoms with Crippen LogP contribution < -0.4 is 10.4 Å². The van der Waals surface area contributed by atoms with Crippen LogP contribution in [0.1, 0.15) is 12.8 Å². The van der Waals surface area contributed by atoms with Crippen LogP contribution in [0.5, 0.6) is 0 Å². The van der Waals surface area contributed by atoms with Crippen molar-refractivity contribution in [1.82, 2.24) is 10.4 Å². The first-order valence-corrected chi connectivity index (χ1v) is 4.87. The summed E-state index contributed by atoms with van der Waals surface area (Å²) >= 11 is 5.75. The van der Waals surface area contributed by atoms with Gasteiger partial charge in [-0.3, -0.25) is 5.01 Å². The molecule has 2 heterocycles. The third kappa shape index (κ3) is 2.11. The second-order valence-electron chi connectivity index (χ2n) is 3.10. The van der Waals surface area contributed by atoms with Crippen molar-refractivity contribution in [1.29, 1.82) is 0 Å². The number of anilines is 1. The molecule has 13 heavy (non-hydrogen) atoms. The Morgan fingerprint density at radius 3 is 2.92 bits per heavy atom. The van der Waals surface area contributed by atoms with E-state index in [9.17, 15) is 0 Å². The molecule has 1 aromatic rings. The molecule has 0 saturated carbocycles. The van der Waals surface area contributed by atoms with Crippen molar-refractivity contribution in [2.24, 2.45) is 0 Å². The normalized spacial score (nSPS) is 17.5. The number of hydrogen-bond acceptors (Lipinski definition) is 3. The minimum Gasteiger partial charge on any atom is -0.292 e. The van der Waals surface area contributed by atoms with Gasteiger partial charge in [-0.1, -0.05) is 11.6 Å². The summed E-state index contributed by atoms with van der Waals surface area (Å²) in [6.07, 6.45) is 4.13. The van der Waals surface area contributed by atoms with Gasteiger partial charge in [-0.25, -0.2) is 10.4 Å². The van der Waals surface area contributed by atoms with Crippen molar-refractivity contribution in [3.05, 3.63) is 23.4 Å². The Morgan fingerprint density at radius 1 is 1.38 bits per heavy atom. The van der Waals surface area contributed by atoms with E-state index < -0.39 is 0 Å². The van der Waals surface area contributed by atoms with Crippen molar-refractivity contribution in [3.63, 3.8) is 0 Å². The molecule has 4 heteroatoms. The molecule has 70 valence electrons. The molecule has 0 bridgehead atoms. The van der Waals surface area contributed by atoms with Crippen LogP contribution in [0.25, 0.3) is 0 Å². The molecule has 0 amide bonds. The summed E-state index contributed by atoms with van der Waals surface area (Å²) in [5.74, 6) is 0.948. The molecule has 0 unspecified atom stereocenters. The molecule has 2 rings (SSSR count). The van der Waals surface area contributed by atoms with E-state index in [0.717, 1.165) is 18.9 Å². The second-order valence-corrected chi connectivity index (χ2v) is 3.54. The van der Waals surface area contributed by atoms with Gasteiger partial charge in [0.2, 0.25) is 0 Å². The smallest absolute Gasteiger partial charge is 0.142 e. The number of pyridine rings is 1. The van der Waals surface area contributed by atoms with Gasteiger partial charge in [-0.2, -0.15) is 0 Å². The highest BCUT2D eigenvalue weighted by Gasteiger charge is 2.10. The Balaban J connectivity index is 2.10. The lowest BCUT2D eigenvalue weighted by molar-refractivity contribution is 0.507. The number of nitrogens with zero attached hydrogens (tertiary/aromatic N) is 2. The number of aromatic nitrogens is 1. The maximum absolute atomic E-state index is 5.75. The maximum atomic E-state index is 5.75. The lowest BCUT2D eigenvalue weighted by atomic mass is 10.2. The molecule has 0 aliphatic carbocycles. The van der Waals surface area contributed by atoms with Crippen molar-refractivity contribution >= 4 is 17.4 Å². The average molecular weight is 198 g/mol. The molecular weight excluding hydrogens is 186 g/mol. The molecule has 3 nitrogen and oxygen atoms in total. The van der Waals surface area contributed by atoms with Gasteiger partial charge in [0.1, 0.15) is 5.82 Å². The first-order valence-electron chi connectivity index (χ1n) is 4.49. The minimum absolute atomic E-state index is 0.681. The molecule has 0 atom stereocenters. The van der Waals surface area contributed by atoms with E-state index in [2.05, 4.69) is 15.4 Å². The predicted octanol–water partition coefficient (Wildman–Crippen LogP) is 1.84. The summed E-state index contributed by atoms with van der Waals surface area (Å²) in [5.41, 5.74) is 3.28. The summed E-state index contributed by atoms with van der Waals surface area (Å²) in [7, 11) is 0. The maximum Gasteiger partial charge on any atom is 0.142 e. The summed E-state index contributed by atoms with van der Waals surface area (Å²) in [5, 5.41) is 2.75. The van der Waals surface area contributed by atoms with Crippen molar-refractivity contribution in [3.8, 4) is 0 Å². The van der Waals surface area contributed by atoms with Gasteiger partial charge in [0.25, 0.3) is 0 Å². The number of nitrogens with one attached hydrogen (secondary N) is 1. The summed E-state index contributed by atoms with van der Waals surface area (Å²) in [6.45, 7) is 2.05. The molecule has 1 saturated heterocycles. The lowest BCUT2D eigenvalue weighted by Gasteiger charge is -2.28. The topological polar surface area (TPSA) is 28.2 Å². The Bertz CT molecular complexity index is 267. The Kier molecular flexibility index (Phi) is 2.66. The van der Waals surface area contributed by atoms with Crippen LogP contribution in [-0.2, 0) is 0 Å². The molecule has 1 aliphatic rings. The van der Waals surface area contributed by atoms with Crippen LogP contribution in [-0.4, -0.2) is 18.1 Å². The summed E-state index contributed by atoms with van der Waals surface area (Å²) in [6, 6.07) is 3.79. The molecule has 0 aromatic carbocycles. The molecule has 0 radical (unpaired) electrons. The van der Waals surface area contributed by atoms with Gasteiger partial charge in [-0.05, 0) is 25.0 Å². The van der Waals surface area contributed by atoms with Crippen LogP contribution in [0.15, 0.2) is 18.3 Å². The Hall–Kier alpha value is -0.800. The van der Waals surface area contributed by atoms with E-state index in [1.807, 2.05) is 12.1 Å². The standard InChI is InChI=1S/C9H12ClN3/c10-8-3-4-9(11-7-8)13-6-2-1-5-12-13/h3-4,7,12H,1-2,5-6H2. The monoisotopic (exact) mass is 197 g/mol. The molecular formula is C9H12ClN3. The number of rotatable bonds is 1. The minimum atomic E-state index is 0.681. The fraction of sp³-hybridized carbons (Fsp3) is 0.444. The average Bonchev–Trinajstić information content (AvgIpc) is 2.20. The van der Waals surface area contributed by atoms with Gasteiger partial charge < -0.3 is 0 Å². The number of hydrazine groups is 1. The van der Waals surface area contributed by atoms with Gasteiger partial charge in [0.15, 0.2) is 0 Å². The molecule has 1 N–H and O–H groups in total. The van der Waals surface area contributed by atoms with Crippen LogP contribution in [0, 0.1) is 0 Å². The summed E-state index contributed by atoms with van der Waals surface area (Å²) in [4.78, 5) is 4.23. The highest BCUT2D eigenvalue weighted by Crippen LogP contribution is 2.14. The van der Waals surface area contributed by atoms with Crippen LogP contribution in [0.3, 0.4) is 0 Å². The Labute approximate surface area is 82.7 Å². The first-order chi connectivity index (χ1) is 6.36. The third-order valence-corrected chi connectivity index (χ3v) is 2.32. The zero-order chi connectivity index (χ0) is 9.10. The van der Waals surface area contributed by atoms with E-state index in [1.54, 1.807) is 6.20 Å². The number of halogens is 1. The van der Waals surface area contributed by atoms with E-state index >= 15 is 0 Å². The van der Waals surface area contributed by atoms with Crippen molar-refractivity contribution in [2.75, 3.05) is 18.1 Å². The van der Waals surface area contributed by atoms with Gasteiger partial charge in [0, 0.05) is 19.3 Å². The van der Waals surface area contributed by atoms with Crippen molar-refractivity contribution < 1.29 is 0 Å². The molecule has 1 fully saturated rings. The van der Waals surface area contributed by atoms with Crippen LogP contribution in [0.2, 0.25) is 5.02 Å². The summed E-state index contributed by atoms with van der Waals surface area (Å²) < 4.78 is 0. The highest BCUT2D eigenvalue weighted by atomic mass is 35.5. The quantitative estimate of drug-likeness (QED) is 0.745. The highest BCUT2D eigenvalue weighted by molar-refractivity contribution is 6.30. The fourth-order valence-electron chi connectivity index (χ4n) is 1.41. The lowest BCUT2D eigenvalue weighted by Crippen LogP contribution is -2.43. The van der Waals surface area contributed by atoms with E-state index in [1.165, 1.54) is 12.8 Å². The molecule has 1 aliphatic heterocycles. The van der Waals surface area contributed by atoms with Crippen LogP contribution in [0.4, 0.5) is 5.82 Å². The number of hydrogen-bond donors (Lipinski definition) is 1. The SMILES string of the molecule is Clc1ccc(N2CCCCN2)nc1. The zero-order valence-corrected chi connectivity index (χ0v) is 8.09. The van der Waals surface area contributed by atoms with Crippen LogP contribution >= 0.6 is 11.6 Å². The third-order valence-electron chi connectivity index (χ3n) is 2.10. The predicted molar refractivity (Wildman–Crippen MR) is 53.8 cm³/mol. The molecule has 1 aromatic heterocycles. The zero-order valence-electron chi connectivity index (χ0n) is 7.33. The van der Waals surface area contributed by atoms with Gasteiger partial charge in [-0.15, -0.1) is 0 Å². The largest absolute Gasteiger partial charge is 0.292 e. The van der Waals surface area contributed by atoms with E-state index in [4.69, 9.17) is 11.6 Å². The van der Waals surface area contributed by atoms with Gasteiger partial charge >= 0.3 is 0 Å². The fourth-order valence-corrected chi connectivity index (χ4v) is 1.52. The van der Waals surface area contributed by atoms with Gasteiger partial charge in [0.05, 0.1) is 5.02 Å². The Morgan fingerprint density at radius 2 is 2.31 bits per heavy atom. The van der Waals surface area contributed by atoms with Crippen molar-refractivity contribution in [2.45, 2.75) is 12.8 Å². The van der Waals surface area contributed by atoms with E-state index in [0.29, 0.717) is 5.02 Å².